The molecular weight excluding hydrogens is 314 g/mol. The number of fused-ring (bicyclic) bond motifs is 3. The second-order valence-corrected chi connectivity index (χ2v) is 8.60. The van der Waals surface area contributed by atoms with Gasteiger partial charge in [-0.3, -0.25) is 4.90 Å². The van der Waals surface area contributed by atoms with Crippen LogP contribution in [0.3, 0.4) is 0 Å². The van der Waals surface area contributed by atoms with Crippen LogP contribution in [0, 0.1) is 5.92 Å². The summed E-state index contributed by atoms with van der Waals surface area (Å²) < 4.78 is 34.7. The van der Waals surface area contributed by atoms with Crippen LogP contribution in [0.4, 0.5) is 0 Å². The van der Waals surface area contributed by atoms with Crippen molar-refractivity contribution in [3.63, 3.8) is 0 Å². The Kier molecular flexibility index (Phi) is 5.03. The largest absolute Gasteiger partial charge is 0.379 e. The highest BCUT2D eigenvalue weighted by atomic mass is 32.2. The third-order valence-corrected chi connectivity index (χ3v) is 6.55. The van der Waals surface area contributed by atoms with Crippen LogP contribution in [0.5, 0.6) is 0 Å². The quantitative estimate of drug-likeness (QED) is 0.807. The molecule has 0 spiro atoms. The second-order valence-electron chi connectivity index (χ2n) is 6.56. The van der Waals surface area contributed by atoms with Gasteiger partial charge in [0.1, 0.15) is 0 Å². The van der Waals surface area contributed by atoms with Crippen molar-refractivity contribution in [2.45, 2.75) is 12.6 Å². The van der Waals surface area contributed by atoms with E-state index in [0.29, 0.717) is 32.8 Å². The molecule has 2 heterocycles. The van der Waals surface area contributed by atoms with Crippen LogP contribution in [-0.2, 0) is 21.5 Å². The van der Waals surface area contributed by atoms with E-state index in [-0.39, 0.29) is 12.0 Å². The van der Waals surface area contributed by atoms with Crippen LogP contribution in [0.2, 0.25) is 0 Å². The van der Waals surface area contributed by atoms with E-state index < -0.39 is 10.2 Å². The third kappa shape index (κ3) is 3.75. The topological polar surface area (TPSA) is 53.1 Å². The first-order valence-electron chi connectivity index (χ1n) is 8.00. The first-order valence-corrected chi connectivity index (χ1v) is 9.40. The molecule has 2 aliphatic heterocycles. The van der Waals surface area contributed by atoms with Gasteiger partial charge in [-0.2, -0.15) is 17.0 Å². The molecule has 0 amide bonds. The summed E-state index contributed by atoms with van der Waals surface area (Å²) in [4.78, 5) is 2.23. The van der Waals surface area contributed by atoms with Crippen molar-refractivity contribution in [1.29, 1.82) is 0 Å². The van der Waals surface area contributed by atoms with Gasteiger partial charge in [0, 0.05) is 45.2 Å². The zero-order valence-electron chi connectivity index (χ0n) is 13.8. The van der Waals surface area contributed by atoms with Gasteiger partial charge in [0.15, 0.2) is 0 Å². The maximum Gasteiger partial charge on any atom is 0.282 e. The van der Waals surface area contributed by atoms with E-state index in [2.05, 4.69) is 11.9 Å². The van der Waals surface area contributed by atoms with E-state index in [1.54, 1.807) is 11.4 Å². The van der Waals surface area contributed by atoms with E-state index in [4.69, 9.17) is 4.74 Å². The van der Waals surface area contributed by atoms with Crippen LogP contribution in [0.25, 0.3) is 0 Å². The molecule has 128 valence electrons. The van der Waals surface area contributed by atoms with Crippen LogP contribution in [0.15, 0.2) is 30.3 Å². The third-order valence-electron chi connectivity index (χ3n) is 4.68. The molecule has 2 fully saturated rings. The number of hydrogen-bond donors (Lipinski definition) is 0. The second kappa shape index (κ2) is 6.86. The van der Waals surface area contributed by atoms with Crippen LogP contribution >= 0.6 is 0 Å². The van der Waals surface area contributed by atoms with E-state index in [1.165, 1.54) is 4.31 Å². The predicted octanol–water partition coefficient (Wildman–Crippen LogP) is 0.626. The summed E-state index contributed by atoms with van der Waals surface area (Å²) >= 11 is 0. The minimum atomic E-state index is -3.46. The van der Waals surface area contributed by atoms with Crippen molar-refractivity contribution in [2.75, 3.05) is 46.9 Å². The minimum Gasteiger partial charge on any atom is -0.379 e. The van der Waals surface area contributed by atoms with Gasteiger partial charge < -0.3 is 4.74 Å². The molecular formula is C16H25N3O3S. The number of likely N-dealkylation sites (N-methyl/N-ethyl adjacent to an activating group) is 1. The molecule has 0 aromatic heterocycles. The molecule has 2 bridgehead atoms. The summed E-state index contributed by atoms with van der Waals surface area (Å²) in [5.41, 5.74) is 0.994. The van der Waals surface area contributed by atoms with Crippen molar-refractivity contribution in [3.8, 4) is 0 Å². The average molecular weight is 339 g/mol. The normalized spacial score (nSPS) is 27.1. The van der Waals surface area contributed by atoms with Gasteiger partial charge in [-0.1, -0.05) is 30.3 Å². The van der Waals surface area contributed by atoms with Crippen LogP contribution in [0.1, 0.15) is 5.56 Å². The van der Waals surface area contributed by atoms with Crippen LogP contribution < -0.4 is 0 Å². The number of rotatable bonds is 4. The highest BCUT2D eigenvalue weighted by Crippen LogP contribution is 2.22. The van der Waals surface area contributed by atoms with E-state index in [9.17, 15) is 8.42 Å². The number of nitrogens with zero attached hydrogens (tertiary/aromatic N) is 3. The van der Waals surface area contributed by atoms with Crippen molar-refractivity contribution in [2.24, 2.45) is 5.92 Å². The van der Waals surface area contributed by atoms with E-state index in [1.807, 2.05) is 30.3 Å². The smallest absolute Gasteiger partial charge is 0.282 e. The molecule has 2 saturated heterocycles. The summed E-state index contributed by atoms with van der Waals surface area (Å²) in [7, 11) is 0.243. The summed E-state index contributed by atoms with van der Waals surface area (Å²) in [6, 6.07) is 9.82. The molecule has 0 saturated carbocycles. The molecule has 2 aliphatic rings. The fourth-order valence-corrected chi connectivity index (χ4v) is 4.78. The molecule has 1 aromatic carbocycles. The van der Waals surface area contributed by atoms with E-state index >= 15 is 0 Å². The molecule has 0 radical (unpaired) electrons. The number of ether oxygens (including phenoxy) is 1. The molecule has 6 nitrogen and oxygen atoms in total. The Labute approximate surface area is 138 Å². The molecule has 2 atom stereocenters. The maximum absolute atomic E-state index is 13.0. The number of hydrogen-bond acceptors (Lipinski definition) is 4. The SMILES string of the molecule is CN1C[C@H]2COC[C@@H]1CN(S(=O)(=O)N(C)Cc1ccccc1)C2. The average Bonchev–Trinajstić information content (AvgIpc) is 2.76. The minimum absolute atomic E-state index is 0.127. The fourth-order valence-electron chi connectivity index (χ4n) is 3.31. The van der Waals surface area contributed by atoms with Gasteiger partial charge in [0.2, 0.25) is 0 Å². The Morgan fingerprint density at radius 2 is 1.91 bits per heavy atom. The lowest BCUT2D eigenvalue weighted by Gasteiger charge is -2.32. The van der Waals surface area contributed by atoms with Gasteiger partial charge >= 0.3 is 0 Å². The van der Waals surface area contributed by atoms with Gasteiger partial charge in [-0.05, 0) is 12.6 Å². The monoisotopic (exact) mass is 339 g/mol. The van der Waals surface area contributed by atoms with Crippen molar-refractivity contribution in [3.05, 3.63) is 35.9 Å². The lowest BCUT2D eigenvalue weighted by Crippen LogP contribution is -2.49. The first kappa shape index (κ1) is 16.9. The highest BCUT2D eigenvalue weighted by molar-refractivity contribution is 7.86. The maximum atomic E-state index is 13.0. The Morgan fingerprint density at radius 3 is 2.65 bits per heavy atom. The summed E-state index contributed by atoms with van der Waals surface area (Å²) in [6.45, 7) is 3.54. The Morgan fingerprint density at radius 1 is 1.17 bits per heavy atom. The summed E-state index contributed by atoms with van der Waals surface area (Å²) in [5.74, 6) is 0.229. The molecule has 0 N–H and O–H groups in total. The molecule has 23 heavy (non-hydrogen) atoms. The van der Waals surface area contributed by atoms with Crippen molar-refractivity contribution < 1.29 is 13.2 Å². The molecule has 3 rings (SSSR count). The standard InChI is InChI=1S/C16H25N3O3S/c1-17-8-15-10-19(11-16(17)13-22-12-15)23(20,21)18(2)9-14-6-4-3-5-7-14/h3-7,15-16H,8-13H2,1-2H3/t15-,16+/m1/s1. The highest BCUT2D eigenvalue weighted by Gasteiger charge is 2.37. The van der Waals surface area contributed by atoms with Gasteiger partial charge in [-0.15, -0.1) is 0 Å². The lowest BCUT2D eigenvalue weighted by atomic mass is 10.1. The molecule has 0 unspecified atom stereocenters. The van der Waals surface area contributed by atoms with E-state index in [0.717, 1.165) is 12.1 Å². The lowest BCUT2D eigenvalue weighted by molar-refractivity contribution is 0.0715. The molecule has 1 aromatic rings. The fraction of sp³-hybridized carbons (Fsp3) is 0.625. The zero-order valence-corrected chi connectivity index (χ0v) is 14.6. The predicted molar refractivity (Wildman–Crippen MR) is 89.1 cm³/mol. The van der Waals surface area contributed by atoms with Crippen molar-refractivity contribution in [1.82, 2.24) is 13.5 Å². The van der Waals surface area contributed by atoms with Crippen LogP contribution in [-0.4, -0.2) is 74.9 Å². The first-order chi connectivity index (χ1) is 11.0. The molecule has 7 heteroatoms. The van der Waals surface area contributed by atoms with Gasteiger partial charge in [0.05, 0.1) is 13.2 Å². The summed E-state index contributed by atoms with van der Waals surface area (Å²) in [6.07, 6.45) is 0. The number of benzene rings is 1. The Balaban J connectivity index is 1.76. The summed E-state index contributed by atoms with van der Waals surface area (Å²) in [5, 5.41) is 0. The van der Waals surface area contributed by atoms with Crippen molar-refractivity contribution >= 4 is 10.2 Å². The Hall–Kier alpha value is -0.990. The zero-order chi connectivity index (χ0) is 16.4. The molecule has 0 aliphatic carbocycles. The Bertz CT molecular complexity index is 623. The van der Waals surface area contributed by atoms with Gasteiger partial charge in [0.25, 0.3) is 10.2 Å². The van der Waals surface area contributed by atoms with Gasteiger partial charge in [-0.25, -0.2) is 0 Å².